The Morgan fingerprint density at radius 2 is 1.65 bits per heavy atom. The topological polar surface area (TPSA) is 180 Å². The molecule has 0 unspecified atom stereocenters. The highest BCUT2D eigenvalue weighted by atomic mass is 16.6. The highest BCUT2D eigenvalue weighted by molar-refractivity contribution is 6.52. The quantitative estimate of drug-likeness (QED) is 0.160. The zero-order valence-electron chi connectivity index (χ0n) is 17.4. The Morgan fingerprint density at radius 3 is 2.29 bits per heavy atom. The molecule has 3 aromatic rings. The van der Waals surface area contributed by atoms with E-state index >= 15 is 0 Å². The number of ketones is 1. The molecule has 0 radical (unpaired) electrons. The van der Waals surface area contributed by atoms with Gasteiger partial charge in [-0.05, 0) is 36.4 Å². The number of non-ortho nitro benzene ring substituents is 1. The van der Waals surface area contributed by atoms with Gasteiger partial charge in [-0.1, -0.05) is 18.2 Å². The molecule has 0 spiro atoms. The van der Waals surface area contributed by atoms with Gasteiger partial charge in [-0.3, -0.25) is 29.8 Å². The zero-order chi connectivity index (χ0) is 24.7. The van der Waals surface area contributed by atoms with Crippen LogP contribution in [0, 0.1) is 20.2 Å². The molecule has 0 heterocycles. The Hall–Kier alpha value is -5.13. The van der Waals surface area contributed by atoms with Crippen LogP contribution in [0.1, 0.15) is 15.9 Å². The lowest BCUT2D eigenvalue weighted by atomic mass is 9.99. The standard InChI is InChI=1S/C22H17N5O7/c23-25-21(22(29)18-6-1-2-7-19(18)27(32)33)14-8-10-17(11-9-14)34-13-20(28)24-15-4-3-5-16(12-15)26(30)31/h1-12H,13,23H2,(H,24,28)/b25-21+. The predicted octanol–water partition coefficient (Wildman–Crippen LogP) is 3.07. The Morgan fingerprint density at radius 1 is 0.941 bits per heavy atom. The second kappa shape index (κ2) is 10.5. The molecule has 0 aliphatic heterocycles. The molecule has 34 heavy (non-hydrogen) atoms. The van der Waals surface area contributed by atoms with E-state index in [1.807, 2.05) is 0 Å². The van der Waals surface area contributed by atoms with E-state index < -0.39 is 21.5 Å². The maximum Gasteiger partial charge on any atom is 0.280 e. The van der Waals surface area contributed by atoms with Crippen LogP contribution in [0.15, 0.2) is 77.9 Å². The predicted molar refractivity (Wildman–Crippen MR) is 122 cm³/mol. The zero-order valence-corrected chi connectivity index (χ0v) is 17.4. The number of nitrogens with one attached hydrogen (secondary N) is 1. The third kappa shape index (κ3) is 5.56. The van der Waals surface area contributed by atoms with Crippen LogP contribution in [-0.4, -0.2) is 33.9 Å². The molecule has 0 saturated carbocycles. The fourth-order valence-electron chi connectivity index (χ4n) is 2.97. The second-order valence-electron chi connectivity index (χ2n) is 6.75. The van der Waals surface area contributed by atoms with E-state index in [1.54, 1.807) is 0 Å². The summed E-state index contributed by atoms with van der Waals surface area (Å²) in [5.74, 6) is 4.40. The lowest BCUT2D eigenvalue weighted by Crippen LogP contribution is -2.20. The molecule has 0 aliphatic rings. The van der Waals surface area contributed by atoms with Crippen molar-refractivity contribution in [2.45, 2.75) is 0 Å². The van der Waals surface area contributed by atoms with Gasteiger partial charge in [-0.15, -0.1) is 0 Å². The molecule has 0 fully saturated rings. The number of hydrogen-bond acceptors (Lipinski definition) is 9. The number of benzene rings is 3. The fourth-order valence-corrected chi connectivity index (χ4v) is 2.97. The molecular weight excluding hydrogens is 446 g/mol. The van der Waals surface area contributed by atoms with Gasteiger partial charge in [0, 0.05) is 29.4 Å². The molecule has 3 N–H and O–H groups in total. The monoisotopic (exact) mass is 463 g/mol. The first-order valence-electron chi connectivity index (χ1n) is 9.63. The third-order valence-corrected chi connectivity index (χ3v) is 4.53. The van der Waals surface area contributed by atoms with Crippen molar-refractivity contribution in [1.29, 1.82) is 0 Å². The number of hydrogen-bond donors (Lipinski definition) is 2. The van der Waals surface area contributed by atoms with E-state index in [0.717, 1.165) is 0 Å². The average molecular weight is 463 g/mol. The minimum atomic E-state index is -0.722. The molecule has 0 aliphatic carbocycles. The van der Waals surface area contributed by atoms with Gasteiger partial charge in [-0.25, -0.2) is 0 Å². The van der Waals surface area contributed by atoms with Gasteiger partial charge in [0.2, 0.25) is 5.78 Å². The van der Waals surface area contributed by atoms with Gasteiger partial charge in [0.1, 0.15) is 17.0 Å². The van der Waals surface area contributed by atoms with E-state index in [1.165, 1.54) is 72.8 Å². The van der Waals surface area contributed by atoms with Crippen LogP contribution in [0.5, 0.6) is 5.75 Å². The number of Topliss-reactive ketones (excluding diaryl/α,β-unsaturated/α-hetero) is 1. The van der Waals surface area contributed by atoms with Gasteiger partial charge in [0.25, 0.3) is 17.3 Å². The molecule has 0 saturated heterocycles. The Balaban J connectivity index is 1.66. The average Bonchev–Trinajstić information content (AvgIpc) is 2.84. The van der Waals surface area contributed by atoms with Crippen LogP contribution in [0.4, 0.5) is 17.1 Å². The number of ether oxygens (including phenoxy) is 1. The molecule has 12 nitrogen and oxygen atoms in total. The van der Waals surface area contributed by atoms with Crippen molar-refractivity contribution in [2.75, 3.05) is 11.9 Å². The number of amides is 1. The van der Waals surface area contributed by atoms with Gasteiger partial charge < -0.3 is 15.9 Å². The first-order chi connectivity index (χ1) is 16.3. The number of carbonyl (C=O) groups is 2. The summed E-state index contributed by atoms with van der Waals surface area (Å²) >= 11 is 0. The Labute approximate surface area is 192 Å². The van der Waals surface area contributed by atoms with Crippen molar-refractivity contribution < 1.29 is 24.2 Å². The largest absolute Gasteiger partial charge is 0.484 e. The number of para-hydroxylation sites is 1. The summed E-state index contributed by atoms with van der Waals surface area (Å²) in [4.78, 5) is 45.7. The number of rotatable bonds is 9. The summed E-state index contributed by atoms with van der Waals surface area (Å²) in [7, 11) is 0. The third-order valence-electron chi connectivity index (χ3n) is 4.53. The minimum absolute atomic E-state index is 0.158. The van der Waals surface area contributed by atoms with Crippen LogP contribution in [-0.2, 0) is 4.79 Å². The highest BCUT2D eigenvalue weighted by Crippen LogP contribution is 2.21. The summed E-state index contributed by atoms with van der Waals surface area (Å²) < 4.78 is 5.39. The van der Waals surface area contributed by atoms with Crippen LogP contribution in [0.2, 0.25) is 0 Å². The lowest BCUT2D eigenvalue weighted by Gasteiger charge is -2.09. The van der Waals surface area contributed by atoms with E-state index in [2.05, 4.69) is 10.4 Å². The summed E-state index contributed by atoms with van der Waals surface area (Å²) in [6.45, 7) is -0.380. The number of nitrogens with two attached hydrogens (primary N) is 1. The molecule has 0 atom stereocenters. The molecule has 3 rings (SSSR count). The van der Waals surface area contributed by atoms with Gasteiger partial charge >= 0.3 is 0 Å². The molecule has 12 heteroatoms. The van der Waals surface area contributed by atoms with Gasteiger partial charge in [0.15, 0.2) is 6.61 Å². The fraction of sp³-hybridized carbons (Fsp3) is 0.0455. The Kier molecular flexibility index (Phi) is 7.24. The summed E-state index contributed by atoms with van der Waals surface area (Å²) in [5.41, 5.74) is -0.348. The SMILES string of the molecule is N/N=C(/C(=O)c1ccccc1[N+](=O)[O-])c1ccc(OCC(=O)Nc2cccc([N+](=O)[O-])c2)cc1. The van der Waals surface area contributed by atoms with E-state index in [4.69, 9.17) is 10.6 Å². The second-order valence-corrected chi connectivity index (χ2v) is 6.75. The number of nitro benzene ring substituents is 2. The van der Waals surface area contributed by atoms with Crippen LogP contribution >= 0.6 is 0 Å². The van der Waals surface area contributed by atoms with Crippen molar-refractivity contribution in [1.82, 2.24) is 0 Å². The lowest BCUT2D eigenvalue weighted by molar-refractivity contribution is -0.385. The molecule has 0 aromatic heterocycles. The van der Waals surface area contributed by atoms with Crippen LogP contribution in [0.3, 0.4) is 0 Å². The van der Waals surface area contributed by atoms with Crippen molar-refractivity contribution in [3.63, 3.8) is 0 Å². The van der Waals surface area contributed by atoms with E-state index in [9.17, 15) is 29.8 Å². The van der Waals surface area contributed by atoms with Crippen molar-refractivity contribution in [3.05, 3.63) is 104 Å². The van der Waals surface area contributed by atoms with Gasteiger partial charge in [0.05, 0.1) is 9.85 Å². The molecule has 1 amide bonds. The number of nitrogens with zero attached hydrogens (tertiary/aromatic N) is 3. The van der Waals surface area contributed by atoms with Crippen molar-refractivity contribution in [2.24, 2.45) is 10.9 Å². The van der Waals surface area contributed by atoms with Crippen molar-refractivity contribution >= 4 is 34.5 Å². The summed E-state index contributed by atoms with van der Waals surface area (Å²) in [6, 6.07) is 16.8. The number of anilines is 1. The number of hydrazone groups is 1. The maximum absolute atomic E-state index is 12.8. The number of nitro groups is 2. The normalized spacial score (nSPS) is 10.9. The molecule has 172 valence electrons. The Bertz CT molecular complexity index is 1290. The van der Waals surface area contributed by atoms with Crippen LogP contribution < -0.4 is 15.9 Å². The summed E-state index contributed by atoms with van der Waals surface area (Å²) in [5, 5.41) is 28.0. The van der Waals surface area contributed by atoms with Crippen molar-refractivity contribution in [3.8, 4) is 5.75 Å². The molecule has 3 aromatic carbocycles. The van der Waals surface area contributed by atoms with Gasteiger partial charge in [-0.2, -0.15) is 5.10 Å². The van der Waals surface area contributed by atoms with Crippen LogP contribution in [0.25, 0.3) is 0 Å². The smallest absolute Gasteiger partial charge is 0.280 e. The van der Waals surface area contributed by atoms with E-state index in [0.29, 0.717) is 5.56 Å². The number of carbonyl (C=O) groups excluding carboxylic acids is 2. The molecular formula is C22H17N5O7. The molecule has 0 bridgehead atoms. The first-order valence-corrected chi connectivity index (χ1v) is 9.63. The summed E-state index contributed by atoms with van der Waals surface area (Å²) in [6.07, 6.45) is 0. The minimum Gasteiger partial charge on any atom is -0.484 e. The first kappa shape index (κ1) is 23.5. The highest BCUT2D eigenvalue weighted by Gasteiger charge is 2.24. The van der Waals surface area contributed by atoms with E-state index in [-0.39, 0.29) is 40.7 Å². The maximum atomic E-state index is 12.8.